The monoisotopic (exact) mass is 194 g/mol. The molecule has 1 aromatic rings. The van der Waals surface area contributed by atoms with Gasteiger partial charge in [-0.25, -0.2) is 0 Å². The van der Waals surface area contributed by atoms with Crippen molar-refractivity contribution in [2.75, 3.05) is 0 Å². The molecule has 0 amide bonds. The molecule has 1 aromatic heterocycles. The van der Waals surface area contributed by atoms with Crippen LogP contribution in [0.2, 0.25) is 0 Å². The van der Waals surface area contributed by atoms with Crippen molar-refractivity contribution in [1.29, 1.82) is 0 Å². The second-order valence-corrected chi connectivity index (χ2v) is 4.12. The topological polar surface area (TPSA) is 38.0 Å². The summed E-state index contributed by atoms with van der Waals surface area (Å²) in [5.74, 6) is 0. The van der Waals surface area contributed by atoms with Gasteiger partial charge < -0.3 is 5.11 Å². The third-order valence-corrected chi connectivity index (χ3v) is 3.17. The molecular formula is C11H18N2O. The molecular weight excluding hydrogens is 176 g/mol. The van der Waals surface area contributed by atoms with Gasteiger partial charge in [0.1, 0.15) is 5.60 Å². The lowest BCUT2D eigenvalue weighted by molar-refractivity contribution is -0.00863. The molecule has 0 unspecified atom stereocenters. The molecule has 0 atom stereocenters. The Kier molecular flexibility index (Phi) is 2.59. The van der Waals surface area contributed by atoms with Gasteiger partial charge in [0.05, 0.1) is 5.69 Å². The fourth-order valence-electron chi connectivity index (χ4n) is 2.37. The Morgan fingerprint density at radius 3 is 2.79 bits per heavy atom. The van der Waals surface area contributed by atoms with Gasteiger partial charge in [-0.05, 0) is 25.8 Å². The first-order valence-corrected chi connectivity index (χ1v) is 5.51. The highest BCUT2D eigenvalue weighted by Gasteiger charge is 2.33. The minimum atomic E-state index is -0.606. The average molecular weight is 194 g/mol. The van der Waals surface area contributed by atoms with Crippen LogP contribution in [0.4, 0.5) is 0 Å². The summed E-state index contributed by atoms with van der Waals surface area (Å²) >= 11 is 0. The molecule has 3 nitrogen and oxygen atoms in total. The Bertz CT molecular complexity index is 300. The van der Waals surface area contributed by atoms with Crippen LogP contribution in [0.25, 0.3) is 0 Å². The first kappa shape index (κ1) is 9.71. The number of hydrogen-bond acceptors (Lipinski definition) is 2. The first-order valence-electron chi connectivity index (χ1n) is 5.51. The van der Waals surface area contributed by atoms with E-state index in [1.54, 1.807) is 6.20 Å². The van der Waals surface area contributed by atoms with E-state index in [1.807, 2.05) is 10.7 Å². The van der Waals surface area contributed by atoms with Crippen LogP contribution in [-0.2, 0) is 12.1 Å². The standard InChI is InChI=1S/C11H18N2O/c1-2-13-10(6-9-12-13)11(14)7-4-3-5-8-11/h6,9,14H,2-5,7-8H2,1H3. The Morgan fingerprint density at radius 1 is 1.43 bits per heavy atom. The number of nitrogens with zero attached hydrogens (tertiary/aromatic N) is 2. The third-order valence-electron chi connectivity index (χ3n) is 3.17. The van der Waals surface area contributed by atoms with E-state index in [9.17, 15) is 5.11 Å². The molecule has 1 heterocycles. The molecule has 1 fully saturated rings. The van der Waals surface area contributed by atoms with Crippen molar-refractivity contribution < 1.29 is 5.11 Å². The Hall–Kier alpha value is -0.830. The van der Waals surface area contributed by atoms with Crippen molar-refractivity contribution in [2.24, 2.45) is 0 Å². The summed E-state index contributed by atoms with van der Waals surface area (Å²) in [5.41, 5.74) is 0.393. The zero-order chi connectivity index (χ0) is 10.0. The van der Waals surface area contributed by atoms with Gasteiger partial charge in [0.25, 0.3) is 0 Å². The molecule has 2 rings (SSSR count). The van der Waals surface area contributed by atoms with E-state index in [4.69, 9.17) is 0 Å². The van der Waals surface area contributed by atoms with Gasteiger partial charge in [-0.3, -0.25) is 4.68 Å². The van der Waals surface area contributed by atoms with Crippen molar-refractivity contribution in [3.63, 3.8) is 0 Å². The van der Waals surface area contributed by atoms with Gasteiger partial charge in [0.15, 0.2) is 0 Å². The molecule has 0 radical (unpaired) electrons. The highest BCUT2D eigenvalue weighted by atomic mass is 16.3. The summed E-state index contributed by atoms with van der Waals surface area (Å²) in [6.45, 7) is 2.90. The molecule has 1 saturated carbocycles. The number of aromatic nitrogens is 2. The molecule has 14 heavy (non-hydrogen) atoms. The molecule has 1 N–H and O–H groups in total. The number of aliphatic hydroxyl groups is 1. The van der Waals surface area contributed by atoms with Crippen LogP contribution >= 0.6 is 0 Å². The largest absolute Gasteiger partial charge is 0.384 e. The van der Waals surface area contributed by atoms with Crippen LogP contribution in [0.15, 0.2) is 12.3 Å². The molecule has 0 aromatic carbocycles. The fraction of sp³-hybridized carbons (Fsp3) is 0.727. The average Bonchev–Trinajstić information content (AvgIpc) is 2.67. The fourth-order valence-corrected chi connectivity index (χ4v) is 2.37. The number of rotatable bonds is 2. The van der Waals surface area contributed by atoms with E-state index in [2.05, 4.69) is 12.0 Å². The second kappa shape index (κ2) is 3.73. The van der Waals surface area contributed by atoms with Crippen LogP contribution in [0, 0.1) is 0 Å². The second-order valence-electron chi connectivity index (χ2n) is 4.12. The summed E-state index contributed by atoms with van der Waals surface area (Å²) in [4.78, 5) is 0. The Balaban J connectivity index is 2.27. The van der Waals surface area contributed by atoms with Crippen LogP contribution in [0.5, 0.6) is 0 Å². The normalized spacial score (nSPS) is 21.0. The molecule has 0 aliphatic heterocycles. The highest BCUT2D eigenvalue weighted by Crippen LogP contribution is 2.36. The first-order chi connectivity index (χ1) is 6.76. The molecule has 1 aliphatic rings. The summed E-state index contributed by atoms with van der Waals surface area (Å²) in [7, 11) is 0. The lowest BCUT2D eigenvalue weighted by Crippen LogP contribution is -2.31. The minimum absolute atomic E-state index is 0.606. The smallest absolute Gasteiger partial charge is 0.106 e. The van der Waals surface area contributed by atoms with E-state index in [0.29, 0.717) is 0 Å². The van der Waals surface area contributed by atoms with E-state index in [0.717, 1.165) is 37.9 Å². The highest BCUT2D eigenvalue weighted by molar-refractivity contribution is 5.12. The summed E-state index contributed by atoms with van der Waals surface area (Å²) in [6.07, 6.45) is 7.07. The van der Waals surface area contributed by atoms with Gasteiger partial charge in [-0.2, -0.15) is 5.10 Å². The van der Waals surface area contributed by atoms with Crippen molar-refractivity contribution in [3.05, 3.63) is 18.0 Å². The minimum Gasteiger partial charge on any atom is -0.384 e. The van der Waals surface area contributed by atoms with Crippen LogP contribution in [-0.4, -0.2) is 14.9 Å². The van der Waals surface area contributed by atoms with Crippen LogP contribution in [0.1, 0.15) is 44.7 Å². The molecule has 0 spiro atoms. The lowest BCUT2D eigenvalue weighted by Gasteiger charge is -2.32. The third kappa shape index (κ3) is 1.57. The van der Waals surface area contributed by atoms with E-state index >= 15 is 0 Å². The summed E-state index contributed by atoms with van der Waals surface area (Å²) in [5, 5.41) is 14.7. The SMILES string of the molecule is CCn1nccc1C1(O)CCCCC1. The number of hydrogen-bond donors (Lipinski definition) is 1. The number of aryl methyl sites for hydroxylation is 1. The van der Waals surface area contributed by atoms with Crippen LogP contribution < -0.4 is 0 Å². The zero-order valence-corrected chi connectivity index (χ0v) is 8.74. The quantitative estimate of drug-likeness (QED) is 0.782. The predicted octanol–water partition coefficient (Wildman–Crippen LogP) is 2.05. The summed E-state index contributed by atoms with van der Waals surface area (Å²) < 4.78 is 1.91. The predicted molar refractivity (Wildman–Crippen MR) is 54.9 cm³/mol. The summed E-state index contributed by atoms with van der Waals surface area (Å²) in [6, 6.07) is 1.95. The van der Waals surface area contributed by atoms with Gasteiger partial charge in [-0.1, -0.05) is 19.3 Å². The van der Waals surface area contributed by atoms with Gasteiger partial charge >= 0.3 is 0 Å². The van der Waals surface area contributed by atoms with E-state index < -0.39 is 5.60 Å². The molecule has 0 saturated heterocycles. The van der Waals surface area contributed by atoms with E-state index in [-0.39, 0.29) is 0 Å². The Labute approximate surface area is 84.7 Å². The zero-order valence-electron chi connectivity index (χ0n) is 8.74. The maximum Gasteiger partial charge on any atom is 0.106 e. The van der Waals surface area contributed by atoms with Crippen molar-refractivity contribution in [1.82, 2.24) is 9.78 Å². The van der Waals surface area contributed by atoms with Crippen LogP contribution in [0.3, 0.4) is 0 Å². The maximum absolute atomic E-state index is 10.5. The molecule has 0 bridgehead atoms. The Morgan fingerprint density at radius 2 is 2.14 bits per heavy atom. The van der Waals surface area contributed by atoms with Gasteiger partial charge in [-0.15, -0.1) is 0 Å². The maximum atomic E-state index is 10.5. The molecule has 78 valence electrons. The van der Waals surface area contributed by atoms with Crippen molar-refractivity contribution in [2.45, 2.75) is 51.2 Å². The lowest BCUT2D eigenvalue weighted by atomic mass is 9.82. The van der Waals surface area contributed by atoms with Gasteiger partial charge in [0.2, 0.25) is 0 Å². The molecule has 3 heteroatoms. The molecule has 1 aliphatic carbocycles. The van der Waals surface area contributed by atoms with Crippen molar-refractivity contribution in [3.8, 4) is 0 Å². The van der Waals surface area contributed by atoms with Gasteiger partial charge in [0, 0.05) is 12.7 Å². The van der Waals surface area contributed by atoms with E-state index in [1.165, 1.54) is 6.42 Å². The van der Waals surface area contributed by atoms with Crippen molar-refractivity contribution >= 4 is 0 Å².